The molecule has 94 valence electrons. The molecule has 0 saturated carbocycles. The van der Waals surface area contributed by atoms with Gasteiger partial charge in [-0.3, -0.25) is 9.59 Å². The maximum absolute atomic E-state index is 11.7. The van der Waals surface area contributed by atoms with Crippen molar-refractivity contribution < 1.29 is 27.9 Å². The molecule has 0 aromatic rings. The number of aliphatic carboxylic acids is 1. The molecule has 0 aliphatic carbocycles. The van der Waals surface area contributed by atoms with Crippen LogP contribution in [0, 0.1) is 0 Å². The highest BCUT2D eigenvalue weighted by atomic mass is 32.2. The molecule has 0 aliphatic rings. The minimum Gasteiger partial charge on any atom is -0.481 e. The van der Waals surface area contributed by atoms with Crippen molar-refractivity contribution in [2.75, 3.05) is 18.1 Å². The second-order valence-electron chi connectivity index (χ2n) is 2.91. The van der Waals surface area contributed by atoms with E-state index in [1.54, 1.807) is 0 Å². The number of carboxylic acid groups (broad SMARTS) is 1. The van der Waals surface area contributed by atoms with Gasteiger partial charge in [0.2, 0.25) is 5.91 Å². The van der Waals surface area contributed by atoms with Crippen LogP contribution in [-0.2, 0) is 9.59 Å². The molecule has 0 spiro atoms. The number of halogens is 3. The lowest BCUT2D eigenvalue weighted by Crippen LogP contribution is -2.27. The number of carboxylic acids is 1. The fourth-order valence-corrected chi connectivity index (χ4v) is 1.33. The van der Waals surface area contributed by atoms with Crippen LogP contribution in [0.1, 0.15) is 12.8 Å². The first-order valence-electron chi connectivity index (χ1n) is 4.44. The number of hydrogen-bond acceptors (Lipinski definition) is 3. The van der Waals surface area contributed by atoms with Crippen LogP contribution >= 0.6 is 11.8 Å². The van der Waals surface area contributed by atoms with Gasteiger partial charge in [0.25, 0.3) is 0 Å². The molecule has 0 saturated heterocycles. The van der Waals surface area contributed by atoms with Crippen molar-refractivity contribution in [3.8, 4) is 0 Å². The van der Waals surface area contributed by atoms with Crippen LogP contribution in [0.3, 0.4) is 0 Å². The van der Waals surface area contributed by atoms with Crippen molar-refractivity contribution in [3.05, 3.63) is 0 Å². The predicted molar refractivity (Wildman–Crippen MR) is 53.3 cm³/mol. The third-order valence-corrected chi connectivity index (χ3v) is 2.37. The van der Waals surface area contributed by atoms with Crippen LogP contribution in [0.25, 0.3) is 0 Å². The summed E-state index contributed by atoms with van der Waals surface area (Å²) < 4.78 is 35.1. The van der Waals surface area contributed by atoms with Crippen molar-refractivity contribution in [2.24, 2.45) is 0 Å². The van der Waals surface area contributed by atoms with Gasteiger partial charge in [-0.1, -0.05) is 0 Å². The first-order chi connectivity index (χ1) is 7.31. The van der Waals surface area contributed by atoms with Crippen molar-refractivity contribution >= 4 is 23.6 Å². The number of carbonyl (C=O) groups excluding carboxylic acids is 1. The second-order valence-corrected chi connectivity index (χ2v) is 4.02. The Kier molecular flexibility index (Phi) is 6.95. The molecule has 2 N–H and O–H groups in total. The van der Waals surface area contributed by atoms with E-state index in [4.69, 9.17) is 5.11 Å². The molecule has 4 nitrogen and oxygen atoms in total. The normalized spacial score (nSPS) is 11.2. The van der Waals surface area contributed by atoms with Crippen LogP contribution in [0.2, 0.25) is 0 Å². The smallest absolute Gasteiger partial charge is 0.389 e. The molecule has 1 amide bonds. The number of alkyl halides is 3. The average molecular weight is 259 g/mol. The van der Waals surface area contributed by atoms with Gasteiger partial charge in [0, 0.05) is 18.7 Å². The van der Waals surface area contributed by atoms with E-state index < -0.39 is 30.9 Å². The van der Waals surface area contributed by atoms with E-state index in [1.165, 1.54) is 0 Å². The maximum atomic E-state index is 11.7. The maximum Gasteiger partial charge on any atom is 0.389 e. The highest BCUT2D eigenvalue weighted by Crippen LogP contribution is 2.20. The molecule has 0 bridgehead atoms. The number of carbonyl (C=O) groups is 2. The van der Waals surface area contributed by atoms with E-state index >= 15 is 0 Å². The SMILES string of the molecule is O=C(O)CSCCNC(=O)CCC(F)(F)F. The fourth-order valence-electron chi connectivity index (χ4n) is 0.766. The number of amides is 1. The van der Waals surface area contributed by atoms with Gasteiger partial charge in [-0.25, -0.2) is 0 Å². The van der Waals surface area contributed by atoms with Crippen molar-refractivity contribution in [3.63, 3.8) is 0 Å². The Morgan fingerprint density at radius 2 is 1.94 bits per heavy atom. The molecule has 0 fully saturated rings. The van der Waals surface area contributed by atoms with E-state index in [1.807, 2.05) is 0 Å². The molecule has 0 aromatic heterocycles. The molecule has 16 heavy (non-hydrogen) atoms. The summed E-state index contributed by atoms with van der Waals surface area (Å²) in [5, 5.41) is 10.5. The summed E-state index contributed by atoms with van der Waals surface area (Å²) in [5.74, 6) is -1.36. The molecule has 8 heteroatoms. The molecule has 0 atom stereocenters. The summed E-state index contributed by atoms with van der Waals surface area (Å²) in [6, 6.07) is 0. The Morgan fingerprint density at radius 1 is 1.31 bits per heavy atom. The van der Waals surface area contributed by atoms with Gasteiger partial charge < -0.3 is 10.4 Å². The van der Waals surface area contributed by atoms with Crippen LogP contribution in [0.15, 0.2) is 0 Å². The highest BCUT2D eigenvalue weighted by Gasteiger charge is 2.27. The number of thioether (sulfide) groups is 1. The zero-order valence-electron chi connectivity index (χ0n) is 8.34. The minimum absolute atomic E-state index is 0.0849. The molecule has 0 unspecified atom stereocenters. The Hall–Kier alpha value is -0.920. The average Bonchev–Trinajstić information content (AvgIpc) is 2.12. The molecule has 0 heterocycles. The first-order valence-corrected chi connectivity index (χ1v) is 5.60. The van der Waals surface area contributed by atoms with Gasteiger partial charge in [0.1, 0.15) is 0 Å². The summed E-state index contributed by atoms with van der Waals surface area (Å²) in [6.07, 6.45) is -6.05. The van der Waals surface area contributed by atoms with E-state index in [0.29, 0.717) is 5.75 Å². The van der Waals surface area contributed by atoms with E-state index in [0.717, 1.165) is 11.8 Å². The van der Waals surface area contributed by atoms with Gasteiger partial charge in [-0.15, -0.1) is 11.8 Å². The summed E-state index contributed by atoms with van der Waals surface area (Å²) in [7, 11) is 0. The van der Waals surface area contributed by atoms with E-state index in [-0.39, 0.29) is 12.3 Å². The van der Waals surface area contributed by atoms with Gasteiger partial charge >= 0.3 is 12.1 Å². The Labute approximate surface area is 94.6 Å². The quantitative estimate of drug-likeness (QED) is 0.675. The van der Waals surface area contributed by atoms with Crippen molar-refractivity contribution in [1.82, 2.24) is 5.32 Å². The summed E-state index contributed by atoms with van der Waals surface area (Å²) in [5.41, 5.74) is 0. The Balaban J connectivity index is 3.41. The monoisotopic (exact) mass is 259 g/mol. The summed E-state index contributed by atoms with van der Waals surface area (Å²) in [6.45, 7) is 0.175. The number of rotatable bonds is 7. The van der Waals surface area contributed by atoms with Crippen LogP contribution in [0.4, 0.5) is 13.2 Å². The lowest BCUT2D eigenvalue weighted by Gasteiger charge is -2.06. The third-order valence-electron chi connectivity index (χ3n) is 1.43. The van der Waals surface area contributed by atoms with Gasteiger partial charge in [-0.05, 0) is 0 Å². The lowest BCUT2D eigenvalue weighted by atomic mass is 10.3. The predicted octanol–water partition coefficient (Wildman–Crippen LogP) is 1.26. The van der Waals surface area contributed by atoms with Gasteiger partial charge in [-0.2, -0.15) is 13.2 Å². The molecule has 0 radical (unpaired) electrons. The zero-order valence-corrected chi connectivity index (χ0v) is 9.16. The Bertz CT molecular complexity index is 245. The lowest BCUT2D eigenvalue weighted by molar-refractivity contribution is -0.144. The standard InChI is InChI=1S/C8H12F3NO3S/c9-8(10,11)2-1-6(13)12-3-4-16-5-7(14)15/h1-5H2,(H,12,13)(H,14,15). The third kappa shape index (κ3) is 11.2. The summed E-state index contributed by atoms with van der Waals surface area (Å²) in [4.78, 5) is 20.9. The largest absolute Gasteiger partial charge is 0.481 e. The van der Waals surface area contributed by atoms with Crippen molar-refractivity contribution in [1.29, 1.82) is 0 Å². The Morgan fingerprint density at radius 3 is 2.44 bits per heavy atom. The molecule has 0 aromatic carbocycles. The second kappa shape index (κ2) is 7.37. The molecule has 0 rings (SSSR count). The minimum atomic E-state index is -4.32. The highest BCUT2D eigenvalue weighted by molar-refractivity contribution is 7.99. The molecular formula is C8H12F3NO3S. The first kappa shape index (κ1) is 15.1. The van der Waals surface area contributed by atoms with E-state index in [2.05, 4.69) is 5.32 Å². The van der Waals surface area contributed by atoms with Crippen LogP contribution in [0.5, 0.6) is 0 Å². The van der Waals surface area contributed by atoms with E-state index in [9.17, 15) is 22.8 Å². The zero-order chi connectivity index (χ0) is 12.6. The number of hydrogen-bond donors (Lipinski definition) is 2. The molecular weight excluding hydrogens is 247 g/mol. The molecule has 0 aliphatic heterocycles. The van der Waals surface area contributed by atoms with Gasteiger partial charge in [0.15, 0.2) is 0 Å². The van der Waals surface area contributed by atoms with Crippen LogP contribution < -0.4 is 5.32 Å². The summed E-state index contributed by atoms with van der Waals surface area (Å²) >= 11 is 1.09. The fraction of sp³-hybridized carbons (Fsp3) is 0.750. The van der Waals surface area contributed by atoms with Crippen molar-refractivity contribution in [2.45, 2.75) is 19.0 Å². The van der Waals surface area contributed by atoms with Gasteiger partial charge in [0.05, 0.1) is 12.2 Å². The topological polar surface area (TPSA) is 66.4 Å². The number of nitrogens with one attached hydrogen (secondary N) is 1. The van der Waals surface area contributed by atoms with Crippen LogP contribution in [-0.4, -0.2) is 41.2 Å².